The summed E-state index contributed by atoms with van der Waals surface area (Å²) in [6.45, 7) is 0. The van der Waals surface area contributed by atoms with Gasteiger partial charge in [-0.05, 0) is 12.1 Å². The van der Waals surface area contributed by atoms with E-state index in [0.29, 0.717) is 11.1 Å². The van der Waals surface area contributed by atoms with E-state index >= 15 is 0 Å². The largest absolute Gasteiger partial charge is 0.216 e. The molecular weight excluding hydrogens is 216 g/mol. The minimum Gasteiger partial charge on any atom is -0.192 e. The molecule has 0 bridgehead atoms. The van der Waals surface area contributed by atoms with Gasteiger partial charge in [0.05, 0.1) is 11.6 Å². The number of alkyl halides is 3. The molecule has 4 heteroatoms. The molecule has 0 spiro atoms. The van der Waals surface area contributed by atoms with Gasteiger partial charge in [0.2, 0.25) is 3.79 Å². The first-order valence-electron chi connectivity index (χ1n) is 3.11. The van der Waals surface area contributed by atoms with E-state index in [1.165, 1.54) is 0 Å². The third-order valence-electron chi connectivity index (χ3n) is 1.32. The molecular formula is C8H4Cl3N. The fourth-order valence-corrected chi connectivity index (χ4v) is 1.12. The van der Waals surface area contributed by atoms with Crippen LogP contribution >= 0.6 is 34.8 Å². The van der Waals surface area contributed by atoms with Crippen LogP contribution in [0.1, 0.15) is 11.1 Å². The predicted octanol–water partition coefficient (Wildman–Crippen LogP) is 3.38. The van der Waals surface area contributed by atoms with Gasteiger partial charge in [-0.3, -0.25) is 0 Å². The number of nitriles is 1. The van der Waals surface area contributed by atoms with Crippen LogP contribution in [0.3, 0.4) is 0 Å². The van der Waals surface area contributed by atoms with Gasteiger partial charge in [0.25, 0.3) is 0 Å². The zero-order valence-electron chi connectivity index (χ0n) is 5.89. The highest BCUT2D eigenvalue weighted by Crippen LogP contribution is 2.38. The third kappa shape index (κ3) is 2.28. The van der Waals surface area contributed by atoms with Crippen LogP contribution in [0, 0.1) is 11.3 Å². The van der Waals surface area contributed by atoms with Gasteiger partial charge in [-0.1, -0.05) is 46.9 Å². The van der Waals surface area contributed by atoms with Gasteiger partial charge in [0.1, 0.15) is 0 Å². The lowest BCUT2D eigenvalue weighted by Gasteiger charge is -2.10. The summed E-state index contributed by atoms with van der Waals surface area (Å²) >= 11 is 16.8. The molecule has 0 aliphatic carbocycles. The third-order valence-corrected chi connectivity index (χ3v) is 1.97. The lowest BCUT2D eigenvalue weighted by atomic mass is 10.1. The molecule has 0 aliphatic rings. The Labute approximate surface area is 85.5 Å². The monoisotopic (exact) mass is 219 g/mol. The predicted molar refractivity (Wildman–Crippen MR) is 50.4 cm³/mol. The van der Waals surface area contributed by atoms with Crippen LogP contribution in [0.25, 0.3) is 0 Å². The van der Waals surface area contributed by atoms with Gasteiger partial charge < -0.3 is 0 Å². The van der Waals surface area contributed by atoms with E-state index in [9.17, 15) is 0 Å². The molecule has 0 N–H and O–H groups in total. The summed E-state index contributed by atoms with van der Waals surface area (Å²) in [4.78, 5) is 0. The Bertz CT molecular complexity index is 322. The van der Waals surface area contributed by atoms with Crippen molar-refractivity contribution in [1.29, 1.82) is 5.26 Å². The second kappa shape index (κ2) is 3.53. The highest BCUT2D eigenvalue weighted by Gasteiger charge is 2.22. The van der Waals surface area contributed by atoms with E-state index in [1.807, 2.05) is 6.07 Å². The molecule has 0 radical (unpaired) electrons. The molecule has 0 saturated carbocycles. The second-order valence-corrected chi connectivity index (χ2v) is 4.47. The molecule has 1 aromatic rings. The Kier molecular flexibility index (Phi) is 2.85. The Morgan fingerprint density at radius 1 is 1.25 bits per heavy atom. The zero-order chi connectivity index (χ0) is 9.19. The smallest absolute Gasteiger partial charge is 0.192 e. The second-order valence-electron chi connectivity index (χ2n) is 2.19. The quantitative estimate of drug-likeness (QED) is 0.615. The summed E-state index contributed by atoms with van der Waals surface area (Å²) in [6, 6.07) is 8.50. The van der Waals surface area contributed by atoms with Crippen molar-refractivity contribution in [3.05, 3.63) is 35.4 Å². The van der Waals surface area contributed by atoms with E-state index in [1.54, 1.807) is 24.3 Å². The first-order valence-corrected chi connectivity index (χ1v) is 4.25. The summed E-state index contributed by atoms with van der Waals surface area (Å²) in [5.41, 5.74) is 0.991. The maximum atomic E-state index is 8.55. The number of benzene rings is 1. The van der Waals surface area contributed by atoms with Crippen molar-refractivity contribution >= 4 is 34.8 Å². The van der Waals surface area contributed by atoms with Crippen molar-refractivity contribution in [3.63, 3.8) is 0 Å². The van der Waals surface area contributed by atoms with Crippen LogP contribution in [0.4, 0.5) is 0 Å². The SMILES string of the molecule is N#Cc1cccc(C(Cl)(Cl)Cl)c1. The number of hydrogen-bond acceptors (Lipinski definition) is 1. The number of rotatable bonds is 0. The van der Waals surface area contributed by atoms with E-state index in [4.69, 9.17) is 40.1 Å². The lowest BCUT2D eigenvalue weighted by molar-refractivity contribution is 1.23. The fraction of sp³-hybridized carbons (Fsp3) is 0.125. The van der Waals surface area contributed by atoms with E-state index in [0.717, 1.165) is 0 Å². The molecule has 0 amide bonds. The van der Waals surface area contributed by atoms with Crippen molar-refractivity contribution in [2.75, 3.05) is 0 Å². The molecule has 12 heavy (non-hydrogen) atoms. The molecule has 0 unspecified atom stereocenters. The van der Waals surface area contributed by atoms with Crippen LogP contribution in [0.15, 0.2) is 24.3 Å². The molecule has 0 fully saturated rings. The Morgan fingerprint density at radius 3 is 2.42 bits per heavy atom. The molecule has 1 aromatic carbocycles. The van der Waals surface area contributed by atoms with Gasteiger partial charge in [-0.25, -0.2) is 0 Å². The summed E-state index contributed by atoms with van der Waals surface area (Å²) in [5.74, 6) is 0. The minimum atomic E-state index is -1.45. The molecule has 0 aromatic heterocycles. The maximum Gasteiger partial charge on any atom is 0.216 e. The minimum absolute atomic E-state index is 0.485. The molecule has 62 valence electrons. The maximum absolute atomic E-state index is 8.55. The fourth-order valence-electron chi connectivity index (χ4n) is 0.765. The molecule has 0 heterocycles. The molecule has 1 nitrogen and oxygen atoms in total. The van der Waals surface area contributed by atoms with Gasteiger partial charge in [-0.2, -0.15) is 5.26 Å². The Hall–Kier alpha value is -0.420. The summed E-state index contributed by atoms with van der Waals surface area (Å²) in [7, 11) is 0. The summed E-state index contributed by atoms with van der Waals surface area (Å²) in [5, 5.41) is 8.55. The lowest BCUT2D eigenvalue weighted by Crippen LogP contribution is -1.99. The molecule has 1 rings (SSSR count). The van der Waals surface area contributed by atoms with E-state index < -0.39 is 3.79 Å². The highest BCUT2D eigenvalue weighted by molar-refractivity contribution is 6.66. The van der Waals surface area contributed by atoms with E-state index in [-0.39, 0.29) is 0 Å². The van der Waals surface area contributed by atoms with Crippen LogP contribution < -0.4 is 0 Å². The molecule has 0 saturated heterocycles. The van der Waals surface area contributed by atoms with Crippen LogP contribution in [-0.2, 0) is 3.79 Å². The topological polar surface area (TPSA) is 23.8 Å². The van der Waals surface area contributed by atoms with Crippen LogP contribution in [-0.4, -0.2) is 0 Å². The first kappa shape index (κ1) is 9.67. The van der Waals surface area contributed by atoms with Crippen molar-refractivity contribution < 1.29 is 0 Å². The summed E-state index contributed by atoms with van der Waals surface area (Å²) < 4.78 is -1.45. The number of halogens is 3. The van der Waals surface area contributed by atoms with E-state index in [2.05, 4.69) is 0 Å². The standard InChI is InChI=1S/C8H4Cl3N/c9-8(10,11)7-3-1-2-6(4-7)5-12/h1-4H. The number of nitrogens with zero attached hydrogens (tertiary/aromatic N) is 1. The summed E-state index contributed by atoms with van der Waals surface area (Å²) in [6.07, 6.45) is 0. The van der Waals surface area contributed by atoms with Crippen LogP contribution in [0.5, 0.6) is 0 Å². The average molecular weight is 220 g/mol. The normalized spacial score (nSPS) is 10.8. The van der Waals surface area contributed by atoms with Gasteiger partial charge >= 0.3 is 0 Å². The van der Waals surface area contributed by atoms with Crippen LogP contribution in [0.2, 0.25) is 0 Å². The average Bonchev–Trinajstić information content (AvgIpc) is 2.03. The van der Waals surface area contributed by atoms with Crippen molar-refractivity contribution in [2.45, 2.75) is 3.79 Å². The van der Waals surface area contributed by atoms with Gasteiger partial charge in [0, 0.05) is 5.56 Å². The van der Waals surface area contributed by atoms with Crippen molar-refractivity contribution in [1.82, 2.24) is 0 Å². The number of hydrogen-bond donors (Lipinski definition) is 0. The molecule has 0 atom stereocenters. The highest BCUT2D eigenvalue weighted by atomic mass is 35.6. The van der Waals surface area contributed by atoms with Gasteiger partial charge in [-0.15, -0.1) is 0 Å². The molecule has 0 aliphatic heterocycles. The Morgan fingerprint density at radius 2 is 1.92 bits per heavy atom. The van der Waals surface area contributed by atoms with Crippen molar-refractivity contribution in [3.8, 4) is 6.07 Å². The Balaban J connectivity index is 3.13. The van der Waals surface area contributed by atoms with Gasteiger partial charge in [0.15, 0.2) is 0 Å². The van der Waals surface area contributed by atoms with Crippen molar-refractivity contribution in [2.24, 2.45) is 0 Å². The zero-order valence-corrected chi connectivity index (χ0v) is 8.16. The first-order chi connectivity index (χ1) is 5.54.